The zero-order valence-corrected chi connectivity index (χ0v) is 13.9. The van der Waals surface area contributed by atoms with E-state index in [0.717, 1.165) is 16.2 Å². The first-order chi connectivity index (χ1) is 11.6. The maximum atomic E-state index is 12.3. The fourth-order valence-corrected chi connectivity index (χ4v) is 3.66. The number of hydrogen-bond donors (Lipinski definition) is 1. The van der Waals surface area contributed by atoms with Crippen LogP contribution in [0.15, 0.2) is 47.6 Å². The number of fused-ring (bicyclic) bond motifs is 2. The van der Waals surface area contributed by atoms with Crippen molar-refractivity contribution in [2.75, 3.05) is 12.3 Å². The molecule has 1 N–H and O–H groups in total. The molecule has 3 aromatic rings. The van der Waals surface area contributed by atoms with Crippen LogP contribution in [0.2, 0.25) is 0 Å². The second-order valence-electron chi connectivity index (χ2n) is 5.72. The quantitative estimate of drug-likeness (QED) is 0.586. The fourth-order valence-electron chi connectivity index (χ4n) is 2.84. The number of imide groups is 1. The van der Waals surface area contributed by atoms with Crippen molar-refractivity contribution in [3.05, 3.63) is 59.2 Å². The maximum absolute atomic E-state index is 12.3. The van der Waals surface area contributed by atoms with E-state index in [1.165, 1.54) is 22.2 Å². The van der Waals surface area contributed by atoms with Crippen molar-refractivity contribution in [2.24, 2.45) is 0 Å². The van der Waals surface area contributed by atoms with Crippen LogP contribution in [0.3, 0.4) is 0 Å². The summed E-state index contributed by atoms with van der Waals surface area (Å²) in [4.78, 5) is 33.7. The van der Waals surface area contributed by atoms with Crippen molar-refractivity contribution < 1.29 is 9.59 Å². The standard InChI is InChI=1S/C18H15N3O2S/c1-11-6-7-14-15(10-11)20-18(19-14)24-9-8-21-16(22)12-4-2-3-5-13(12)17(21)23/h2-7,10H,8-9H2,1H3,(H,19,20). The van der Waals surface area contributed by atoms with Crippen LogP contribution in [0.4, 0.5) is 0 Å². The molecule has 0 bridgehead atoms. The number of amides is 2. The highest BCUT2D eigenvalue weighted by Crippen LogP contribution is 2.24. The average molecular weight is 337 g/mol. The lowest BCUT2D eigenvalue weighted by Crippen LogP contribution is -2.31. The Balaban J connectivity index is 1.44. The van der Waals surface area contributed by atoms with Gasteiger partial charge in [0.1, 0.15) is 0 Å². The van der Waals surface area contributed by atoms with Crippen molar-refractivity contribution in [1.82, 2.24) is 14.9 Å². The van der Waals surface area contributed by atoms with Crippen molar-refractivity contribution in [2.45, 2.75) is 12.1 Å². The van der Waals surface area contributed by atoms with E-state index in [2.05, 4.69) is 16.0 Å². The first kappa shape index (κ1) is 15.0. The molecule has 0 atom stereocenters. The van der Waals surface area contributed by atoms with Crippen molar-refractivity contribution in [3.8, 4) is 0 Å². The number of H-pyrrole nitrogens is 1. The van der Waals surface area contributed by atoms with Crippen molar-refractivity contribution in [1.29, 1.82) is 0 Å². The molecule has 2 aromatic carbocycles. The molecular weight excluding hydrogens is 322 g/mol. The summed E-state index contributed by atoms with van der Waals surface area (Å²) >= 11 is 1.51. The number of aryl methyl sites for hydroxylation is 1. The molecule has 1 aliphatic rings. The van der Waals surface area contributed by atoms with Crippen molar-refractivity contribution in [3.63, 3.8) is 0 Å². The Morgan fingerprint density at radius 1 is 1.08 bits per heavy atom. The molecule has 4 rings (SSSR count). The minimum atomic E-state index is -0.212. The smallest absolute Gasteiger partial charge is 0.261 e. The van der Waals surface area contributed by atoms with Gasteiger partial charge >= 0.3 is 0 Å². The molecule has 0 saturated heterocycles. The normalized spacial score (nSPS) is 13.8. The summed E-state index contributed by atoms with van der Waals surface area (Å²) in [5.74, 6) is 0.178. The zero-order chi connectivity index (χ0) is 16.7. The van der Waals surface area contributed by atoms with Gasteiger partial charge in [0.25, 0.3) is 11.8 Å². The number of hydrogen-bond acceptors (Lipinski definition) is 4. The van der Waals surface area contributed by atoms with E-state index in [-0.39, 0.29) is 11.8 Å². The first-order valence-corrected chi connectivity index (χ1v) is 8.66. The van der Waals surface area contributed by atoms with Gasteiger partial charge in [-0.2, -0.15) is 0 Å². The van der Waals surface area contributed by atoms with E-state index in [0.29, 0.717) is 23.4 Å². The molecule has 2 amide bonds. The van der Waals surface area contributed by atoms with Crippen LogP contribution in [0.25, 0.3) is 11.0 Å². The Kier molecular flexibility index (Phi) is 3.61. The molecular formula is C18H15N3O2S. The van der Waals surface area contributed by atoms with Gasteiger partial charge in [-0.25, -0.2) is 4.98 Å². The van der Waals surface area contributed by atoms with E-state index in [1.807, 2.05) is 19.1 Å². The highest BCUT2D eigenvalue weighted by Gasteiger charge is 2.34. The molecule has 1 aliphatic heterocycles. The zero-order valence-electron chi connectivity index (χ0n) is 13.1. The molecule has 6 heteroatoms. The number of nitrogens with one attached hydrogen (secondary N) is 1. The molecule has 120 valence electrons. The first-order valence-electron chi connectivity index (χ1n) is 7.68. The van der Waals surface area contributed by atoms with Crippen LogP contribution >= 0.6 is 11.8 Å². The molecule has 24 heavy (non-hydrogen) atoms. The largest absolute Gasteiger partial charge is 0.333 e. The molecule has 5 nitrogen and oxygen atoms in total. The number of nitrogens with zero attached hydrogens (tertiary/aromatic N) is 2. The molecule has 0 unspecified atom stereocenters. The van der Waals surface area contributed by atoms with Gasteiger partial charge < -0.3 is 4.98 Å². The Morgan fingerprint density at radius 3 is 2.50 bits per heavy atom. The number of thioether (sulfide) groups is 1. The fraction of sp³-hybridized carbons (Fsp3) is 0.167. The Morgan fingerprint density at radius 2 is 1.79 bits per heavy atom. The summed E-state index contributed by atoms with van der Waals surface area (Å²) in [6, 6.07) is 13.0. The topological polar surface area (TPSA) is 66.1 Å². The van der Waals surface area contributed by atoms with Crippen LogP contribution in [-0.2, 0) is 0 Å². The average Bonchev–Trinajstić information content (AvgIpc) is 3.09. The lowest BCUT2D eigenvalue weighted by atomic mass is 10.1. The molecule has 2 heterocycles. The minimum absolute atomic E-state index is 0.212. The van der Waals surface area contributed by atoms with E-state index >= 15 is 0 Å². The lowest BCUT2D eigenvalue weighted by Gasteiger charge is -2.12. The van der Waals surface area contributed by atoms with E-state index in [4.69, 9.17) is 0 Å². The van der Waals surface area contributed by atoms with Crippen LogP contribution < -0.4 is 0 Å². The second-order valence-corrected chi connectivity index (χ2v) is 6.80. The number of aromatic amines is 1. The third-order valence-electron chi connectivity index (χ3n) is 4.05. The molecule has 0 spiro atoms. The van der Waals surface area contributed by atoms with Crippen LogP contribution in [-0.4, -0.2) is 39.0 Å². The Labute approximate surface area is 143 Å². The number of carbonyl (C=O) groups excluding carboxylic acids is 2. The third kappa shape index (κ3) is 2.49. The van der Waals surface area contributed by atoms with E-state index < -0.39 is 0 Å². The minimum Gasteiger partial charge on any atom is -0.333 e. The lowest BCUT2D eigenvalue weighted by molar-refractivity contribution is 0.0664. The predicted molar refractivity (Wildman–Crippen MR) is 93.4 cm³/mol. The molecule has 0 saturated carbocycles. The summed E-state index contributed by atoms with van der Waals surface area (Å²) in [5.41, 5.74) is 4.08. The Hall–Kier alpha value is -2.60. The second kappa shape index (κ2) is 5.79. The Bertz CT molecular complexity index is 929. The molecule has 1 aromatic heterocycles. The van der Waals surface area contributed by atoms with Gasteiger partial charge in [0, 0.05) is 12.3 Å². The number of carbonyl (C=O) groups is 2. The molecule has 0 radical (unpaired) electrons. The highest BCUT2D eigenvalue weighted by molar-refractivity contribution is 7.99. The summed E-state index contributed by atoms with van der Waals surface area (Å²) < 4.78 is 0. The van der Waals surface area contributed by atoms with Crippen molar-refractivity contribution >= 4 is 34.6 Å². The van der Waals surface area contributed by atoms with Crippen LogP contribution in [0, 0.1) is 6.92 Å². The van der Waals surface area contributed by atoms with Gasteiger partial charge in [-0.05, 0) is 36.8 Å². The van der Waals surface area contributed by atoms with Gasteiger partial charge in [-0.3, -0.25) is 14.5 Å². The van der Waals surface area contributed by atoms with Gasteiger partial charge in [-0.1, -0.05) is 30.0 Å². The predicted octanol–water partition coefficient (Wildman–Crippen LogP) is 3.26. The third-order valence-corrected chi connectivity index (χ3v) is 4.90. The van der Waals surface area contributed by atoms with Gasteiger partial charge in [0.15, 0.2) is 5.16 Å². The summed E-state index contributed by atoms with van der Waals surface area (Å²) in [5, 5.41) is 0.798. The van der Waals surface area contributed by atoms with Crippen LogP contribution in [0.5, 0.6) is 0 Å². The van der Waals surface area contributed by atoms with E-state index in [9.17, 15) is 9.59 Å². The molecule has 0 aliphatic carbocycles. The van der Waals surface area contributed by atoms with Gasteiger partial charge in [0.05, 0.1) is 22.2 Å². The van der Waals surface area contributed by atoms with Gasteiger partial charge in [0.2, 0.25) is 0 Å². The summed E-state index contributed by atoms with van der Waals surface area (Å²) in [6.45, 7) is 2.41. The number of benzene rings is 2. The van der Waals surface area contributed by atoms with Gasteiger partial charge in [-0.15, -0.1) is 0 Å². The number of aromatic nitrogens is 2. The summed E-state index contributed by atoms with van der Waals surface area (Å²) in [7, 11) is 0. The number of rotatable bonds is 4. The molecule has 0 fully saturated rings. The SMILES string of the molecule is Cc1ccc2nc(SCCN3C(=O)c4ccccc4C3=O)[nH]c2c1. The van der Waals surface area contributed by atoms with E-state index in [1.54, 1.807) is 24.3 Å². The highest BCUT2D eigenvalue weighted by atomic mass is 32.2. The number of imidazole rings is 1. The summed E-state index contributed by atoms with van der Waals surface area (Å²) in [6.07, 6.45) is 0. The monoisotopic (exact) mass is 337 g/mol. The van der Waals surface area contributed by atoms with Crippen LogP contribution in [0.1, 0.15) is 26.3 Å². The maximum Gasteiger partial charge on any atom is 0.261 e.